The average molecular weight is 956 g/mol. The van der Waals surface area contributed by atoms with Crippen LogP contribution in [0.15, 0.2) is 84.9 Å². The summed E-state index contributed by atoms with van der Waals surface area (Å²) in [5.74, 6) is -13.5. The first-order chi connectivity index (χ1) is 34.4. The SMILES string of the molecule is COC(=O)C12OC(C(=O)OC)(C3C4CC(C5C(=O)N(CCNC(=O)c6cccc7cc8ccccc8nc67)C(=O)C45)C31)C1C3CC(C4C(=O)N(CCN5C(=O)c6cccc7cccc(c67)C5=O)C(=O)C34)C12. The number of esters is 2. The number of amides is 7. The molecule has 71 heavy (non-hydrogen) atoms. The minimum Gasteiger partial charge on any atom is -0.467 e. The van der Waals surface area contributed by atoms with Crippen LogP contribution < -0.4 is 5.32 Å². The van der Waals surface area contributed by atoms with Crippen molar-refractivity contribution in [2.45, 2.75) is 24.0 Å². The van der Waals surface area contributed by atoms with E-state index >= 15 is 0 Å². The largest absolute Gasteiger partial charge is 0.467 e. The van der Waals surface area contributed by atoms with Gasteiger partial charge in [0.05, 0.1) is 54.5 Å². The van der Waals surface area contributed by atoms with Crippen LogP contribution >= 0.6 is 0 Å². The van der Waals surface area contributed by atoms with Crippen LogP contribution in [0.4, 0.5) is 0 Å². The van der Waals surface area contributed by atoms with Gasteiger partial charge >= 0.3 is 11.9 Å². The first-order valence-corrected chi connectivity index (χ1v) is 24.4. The van der Waals surface area contributed by atoms with Crippen molar-refractivity contribution in [3.8, 4) is 0 Å². The lowest BCUT2D eigenvalue weighted by Gasteiger charge is -2.51. The Balaban J connectivity index is 0.741. The summed E-state index contributed by atoms with van der Waals surface area (Å²) >= 11 is 0. The Labute approximate surface area is 404 Å². The quantitative estimate of drug-likeness (QED) is 0.128. The number of aromatic nitrogens is 1. The number of rotatable bonds is 9. The summed E-state index contributed by atoms with van der Waals surface area (Å²) < 4.78 is 18.2. The Morgan fingerprint density at radius 1 is 0.592 bits per heavy atom. The summed E-state index contributed by atoms with van der Waals surface area (Å²) in [6.07, 6.45) is 0.724. The standard InChI is InChI=1S/C54H45N5O12/c1-69-51(67)53-39-29-21-30(36-35(29)47(63)57(48(36)64)17-16-55-44(60)28-14-7-11-25-20-24-8-3-4-15-33(24)56-43(25)28)40(39)54(71-53,52(68)70-2)42-32-22-31(41(42)53)37-38(32)50(66)59(49(37)65)19-18-58-45(61)26-12-5-9-23-10-6-13-27(34(23)26)46(58)62/h3-15,20,29-32,35-42H,16-19,21-22H2,1-2H3,(H,55,60). The van der Waals surface area contributed by atoms with E-state index in [9.17, 15) is 43.2 Å². The topological polar surface area (TPSA) is 216 Å². The van der Waals surface area contributed by atoms with Gasteiger partial charge in [0.15, 0.2) is 11.2 Å². The Bertz CT molecular complexity index is 3250. The number of pyridine rings is 1. The predicted molar refractivity (Wildman–Crippen MR) is 246 cm³/mol. The number of fused-ring (bicyclic) bond motifs is 24. The van der Waals surface area contributed by atoms with Crippen LogP contribution in [-0.4, -0.2) is 125 Å². The first kappa shape index (κ1) is 42.5. The van der Waals surface area contributed by atoms with Crippen molar-refractivity contribution >= 4 is 85.9 Å². The summed E-state index contributed by atoms with van der Waals surface area (Å²) in [6.45, 7) is -0.607. The molecule has 17 nitrogen and oxygen atoms in total. The van der Waals surface area contributed by atoms with E-state index in [0.717, 1.165) is 31.5 Å². The van der Waals surface area contributed by atoms with Gasteiger partial charge in [0.1, 0.15) is 0 Å². The van der Waals surface area contributed by atoms with Gasteiger partial charge in [-0.05, 0) is 72.2 Å². The van der Waals surface area contributed by atoms with E-state index in [2.05, 4.69) is 5.32 Å². The number of hydrogen-bond acceptors (Lipinski definition) is 13. The molecule has 5 aliphatic heterocycles. The van der Waals surface area contributed by atoms with Crippen molar-refractivity contribution in [3.05, 3.63) is 102 Å². The molecule has 14 atom stereocenters. The molecule has 4 aromatic carbocycles. The highest BCUT2D eigenvalue weighted by molar-refractivity contribution is 6.25. The smallest absolute Gasteiger partial charge is 0.338 e. The lowest BCUT2D eigenvalue weighted by atomic mass is 9.47. The number of para-hydroxylation sites is 2. The molecule has 1 aromatic heterocycles. The molecule has 7 amide bonds. The molecule has 4 saturated heterocycles. The number of ether oxygens (including phenoxy) is 3. The van der Waals surface area contributed by atoms with E-state index < -0.39 is 136 Å². The Kier molecular flexibility index (Phi) is 8.59. The van der Waals surface area contributed by atoms with Crippen molar-refractivity contribution in [3.63, 3.8) is 0 Å². The molecule has 358 valence electrons. The second-order valence-electron chi connectivity index (χ2n) is 20.9. The second-order valence-corrected chi connectivity index (χ2v) is 20.9. The molecule has 0 spiro atoms. The number of nitrogens with one attached hydrogen (secondary N) is 1. The number of imide groups is 3. The summed E-state index contributed by atoms with van der Waals surface area (Å²) in [5.41, 5.74) is -1.29. The Hall–Kier alpha value is -7.40. The van der Waals surface area contributed by atoms with E-state index in [0.29, 0.717) is 40.4 Å². The monoisotopic (exact) mass is 955 g/mol. The highest BCUT2D eigenvalue weighted by Crippen LogP contribution is 2.83. The zero-order chi connectivity index (χ0) is 48.7. The number of likely N-dealkylation sites (tertiary alicyclic amines) is 2. The fourth-order valence-electron chi connectivity index (χ4n) is 16.7. The van der Waals surface area contributed by atoms with Gasteiger partial charge in [0.2, 0.25) is 23.6 Å². The number of benzene rings is 4. The highest BCUT2D eigenvalue weighted by Gasteiger charge is 2.93. The number of methoxy groups -OCH3 is 2. The molecule has 4 aliphatic carbocycles. The number of carbonyl (C=O) groups excluding carboxylic acids is 9. The third kappa shape index (κ3) is 4.99. The highest BCUT2D eigenvalue weighted by atomic mass is 16.6. The van der Waals surface area contributed by atoms with Gasteiger partial charge in [-0.3, -0.25) is 48.3 Å². The molecule has 8 fully saturated rings. The Morgan fingerprint density at radius 3 is 1.59 bits per heavy atom. The van der Waals surface area contributed by atoms with Crippen LogP contribution in [0.5, 0.6) is 0 Å². The maximum absolute atomic E-state index is 14.7. The molecule has 14 rings (SSSR count). The minimum absolute atomic E-state index is 0.0340. The normalized spacial score (nSPS) is 35.3. The zero-order valence-corrected chi connectivity index (χ0v) is 38.4. The number of carbonyl (C=O) groups is 9. The van der Waals surface area contributed by atoms with Gasteiger partial charge in [-0.2, -0.15) is 0 Å². The molecule has 4 saturated carbocycles. The van der Waals surface area contributed by atoms with Gasteiger partial charge in [-0.1, -0.05) is 54.6 Å². The molecule has 14 unspecified atom stereocenters. The van der Waals surface area contributed by atoms with Crippen LogP contribution in [0, 0.1) is 71.0 Å². The maximum atomic E-state index is 14.7. The average Bonchev–Trinajstić information content (AvgIpc) is 4.28. The van der Waals surface area contributed by atoms with Crippen molar-refractivity contribution in [2.75, 3.05) is 40.4 Å². The first-order valence-electron chi connectivity index (χ1n) is 24.4. The van der Waals surface area contributed by atoms with E-state index in [-0.39, 0.29) is 26.2 Å². The third-order valence-corrected chi connectivity index (χ3v) is 18.7. The van der Waals surface area contributed by atoms with E-state index in [1.807, 2.05) is 48.5 Å². The van der Waals surface area contributed by atoms with Gasteiger partial charge < -0.3 is 19.5 Å². The van der Waals surface area contributed by atoms with Crippen molar-refractivity contribution in [1.29, 1.82) is 0 Å². The van der Waals surface area contributed by atoms with Crippen LogP contribution in [0.2, 0.25) is 0 Å². The van der Waals surface area contributed by atoms with Crippen LogP contribution in [-0.2, 0) is 43.0 Å². The van der Waals surface area contributed by atoms with Crippen molar-refractivity contribution in [2.24, 2.45) is 71.0 Å². The van der Waals surface area contributed by atoms with Gasteiger partial charge in [-0.15, -0.1) is 0 Å². The molecular formula is C54H45N5O12. The Morgan fingerprint density at radius 2 is 1.06 bits per heavy atom. The fourth-order valence-corrected chi connectivity index (χ4v) is 16.7. The molecule has 9 aliphatic rings. The van der Waals surface area contributed by atoms with Crippen LogP contribution in [0.1, 0.15) is 43.9 Å². The summed E-state index contributed by atoms with van der Waals surface area (Å²) in [5, 5.41) is 5.91. The van der Waals surface area contributed by atoms with Crippen LogP contribution in [0.25, 0.3) is 32.6 Å². The summed E-state index contributed by atoms with van der Waals surface area (Å²) in [7, 11) is 2.47. The van der Waals surface area contributed by atoms with Gasteiger partial charge in [0, 0.05) is 77.1 Å². The molecule has 17 heteroatoms. The molecular weight excluding hydrogens is 911 g/mol. The lowest BCUT2D eigenvalue weighted by molar-refractivity contribution is -0.188. The molecule has 1 N–H and O–H groups in total. The van der Waals surface area contributed by atoms with Crippen molar-refractivity contribution < 1.29 is 57.4 Å². The fraction of sp³-hybridized carbons (Fsp3) is 0.407. The van der Waals surface area contributed by atoms with E-state index in [4.69, 9.17) is 19.2 Å². The molecule has 6 bridgehead atoms. The minimum atomic E-state index is -1.80. The zero-order valence-electron chi connectivity index (χ0n) is 38.4. The van der Waals surface area contributed by atoms with Gasteiger partial charge in [-0.25, -0.2) is 14.6 Å². The van der Waals surface area contributed by atoms with Crippen LogP contribution in [0.3, 0.4) is 0 Å². The van der Waals surface area contributed by atoms with E-state index in [1.165, 1.54) is 19.1 Å². The number of hydrogen-bond donors (Lipinski definition) is 1. The predicted octanol–water partition coefficient (Wildman–Crippen LogP) is 3.40. The molecule has 5 aromatic rings. The third-order valence-electron chi connectivity index (χ3n) is 18.7. The number of nitrogens with zero attached hydrogens (tertiary/aromatic N) is 4. The van der Waals surface area contributed by atoms with Gasteiger partial charge in [0.25, 0.3) is 17.7 Å². The summed E-state index contributed by atoms with van der Waals surface area (Å²) in [4.78, 5) is 137. The second kappa shape index (κ2) is 14.4. The summed E-state index contributed by atoms with van der Waals surface area (Å²) in [6, 6.07) is 25.3. The molecule has 6 heterocycles. The maximum Gasteiger partial charge on any atom is 0.338 e. The van der Waals surface area contributed by atoms with Crippen molar-refractivity contribution in [1.82, 2.24) is 25.0 Å². The lowest BCUT2D eigenvalue weighted by Crippen LogP contribution is -2.64. The van der Waals surface area contributed by atoms with E-state index in [1.54, 1.807) is 36.4 Å². The molecule has 0 radical (unpaired) electrons.